The summed E-state index contributed by atoms with van der Waals surface area (Å²) in [5.74, 6) is -3.86. The molecule has 0 aromatic heterocycles. The van der Waals surface area contributed by atoms with Crippen molar-refractivity contribution in [3.8, 4) is 0 Å². The smallest absolute Gasteiger partial charge is 0.326 e. The molecule has 1 aliphatic rings. The summed E-state index contributed by atoms with van der Waals surface area (Å²) in [6, 6.07) is 4.87. The van der Waals surface area contributed by atoms with E-state index in [0.29, 0.717) is 25.8 Å². The molecule has 4 unspecified atom stereocenters. The molecule has 0 radical (unpaired) electrons. The lowest BCUT2D eigenvalue weighted by atomic mass is 10.0. The summed E-state index contributed by atoms with van der Waals surface area (Å²) in [5, 5.41) is 23.6. The molecule has 3 amide bonds. The van der Waals surface area contributed by atoms with Gasteiger partial charge < -0.3 is 31.5 Å². The zero-order valence-electron chi connectivity index (χ0n) is 20.7. The van der Waals surface area contributed by atoms with E-state index in [1.807, 2.05) is 19.9 Å². The fourth-order valence-corrected chi connectivity index (χ4v) is 4.20. The highest BCUT2D eigenvalue weighted by atomic mass is 16.4. The number of carbonyl (C=O) groups excluding carboxylic acids is 3. The van der Waals surface area contributed by atoms with Crippen molar-refractivity contribution in [3.63, 3.8) is 0 Å². The molecule has 0 saturated carbocycles. The predicted molar refractivity (Wildman–Crippen MR) is 131 cm³/mol. The number of amides is 3. The molecular weight excluding hydrogens is 468 g/mol. The largest absolute Gasteiger partial charge is 0.481 e. The maximum absolute atomic E-state index is 13.4. The molecule has 0 spiro atoms. The highest BCUT2D eigenvalue weighted by Gasteiger charge is 2.39. The van der Waals surface area contributed by atoms with Crippen molar-refractivity contribution < 1.29 is 34.2 Å². The van der Waals surface area contributed by atoms with Crippen LogP contribution in [0.15, 0.2) is 30.3 Å². The summed E-state index contributed by atoms with van der Waals surface area (Å²) in [6.45, 7) is 4.06. The van der Waals surface area contributed by atoms with E-state index >= 15 is 0 Å². The van der Waals surface area contributed by atoms with Gasteiger partial charge >= 0.3 is 11.9 Å². The van der Waals surface area contributed by atoms with E-state index in [2.05, 4.69) is 10.6 Å². The standard InChI is InChI=1S/C25H36N4O7/c1-15(2)13-18(27-22(32)17(26)10-11-21(30)31)24(34)29-12-6-9-20(29)23(33)28-19(25(35)36)14-16-7-4-3-5-8-16/h3-5,7-8,15,17-20H,6,9-14,26H2,1-2H3,(H,27,32)(H,28,33)(H,30,31)(H,35,36). The summed E-state index contributed by atoms with van der Waals surface area (Å²) in [6.07, 6.45) is 0.974. The summed E-state index contributed by atoms with van der Waals surface area (Å²) in [4.78, 5) is 62.9. The van der Waals surface area contributed by atoms with E-state index in [9.17, 15) is 29.1 Å². The van der Waals surface area contributed by atoms with Crippen molar-refractivity contribution in [2.75, 3.05) is 6.54 Å². The molecule has 1 aromatic rings. The molecule has 1 aliphatic heterocycles. The van der Waals surface area contributed by atoms with Crippen LogP contribution < -0.4 is 16.4 Å². The third-order valence-corrected chi connectivity index (χ3v) is 6.06. The minimum absolute atomic E-state index is 0.0339. The molecule has 11 nitrogen and oxygen atoms in total. The van der Waals surface area contributed by atoms with E-state index < -0.39 is 53.8 Å². The Kier molecular flexibility index (Phi) is 10.8. The van der Waals surface area contributed by atoms with Gasteiger partial charge in [-0.1, -0.05) is 44.2 Å². The van der Waals surface area contributed by atoms with Gasteiger partial charge in [0.1, 0.15) is 18.1 Å². The zero-order chi connectivity index (χ0) is 26.8. The number of nitrogens with two attached hydrogens (primary N) is 1. The first kappa shape index (κ1) is 28.8. The van der Waals surface area contributed by atoms with Gasteiger partial charge in [-0.2, -0.15) is 0 Å². The summed E-state index contributed by atoms with van der Waals surface area (Å²) < 4.78 is 0. The van der Waals surface area contributed by atoms with Crippen LogP contribution >= 0.6 is 0 Å². The van der Waals surface area contributed by atoms with Crippen LogP contribution in [-0.4, -0.2) is 75.5 Å². The van der Waals surface area contributed by atoms with E-state index in [1.165, 1.54) is 4.90 Å². The second-order valence-corrected chi connectivity index (χ2v) is 9.51. The van der Waals surface area contributed by atoms with Crippen molar-refractivity contribution in [1.82, 2.24) is 15.5 Å². The van der Waals surface area contributed by atoms with E-state index in [4.69, 9.17) is 10.8 Å². The van der Waals surface area contributed by atoms with Gasteiger partial charge in [0.2, 0.25) is 17.7 Å². The molecule has 11 heteroatoms. The number of likely N-dealkylation sites (tertiary alicyclic amines) is 1. The third-order valence-electron chi connectivity index (χ3n) is 6.06. The van der Waals surface area contributed by atoms with Crippen LogP contribution in [0.3, 0.4) is 0 Å². The van der Waals surface area contributed by atoms with Crippen LogP contribution in [-0.2, 0) is 30.4 Å². The number of hydrogen-bond donors (Lipinski definition) is 5. The van der Waals surface area contributed by atoms with Gasteiger partial charge in [-0.3, -0.25) is 19.2 Å². The van der Waals surface area contributed by atoms with E-state index in [1.54, 1.807) is 24.3 Å². The number of benzene rings is 1. The van der Waals surface area contributed by atoms with Gasteiger partial charge in [0, 0.05) is 19.4 Å². The third kappa shape index (κ3) is 8.63. The molecule has 1 fully saturated rings. The summed E-state index contributed by atoms with van der Waals surface area (Å²) in [5.41, 5.74) is 6.55. The lowest BCUT2D eigenvalue weighted by molar-refractivity contribution is -0.145. The number of aliphatic carboxylic acids is 2. The molecule has 0 bridgehead atoms. The van der Waals surface area contributed by atoms with Crippen molar-refractivity contribution >= 4 is 29.7 Å². The molecule has 4 atom stereocenters. The SMILES string of the molecule is CC(C)CC(NC(=O)C(N)CCC(=O)O)C(=O)N1CCCC1C(=O)NC(Cc1ccccc1)C(=O)O. The number of rotatable bonds is 13. The predicted octanol–water partition coefficient (Wildman–Crippen LogP) is 0.513. The maximum atomic E-state index is 13.4. The number of carbonyl (C=O) groups is 5. The van der Waals surface area contributed by atoms with Gasteiger partial charge in [0.15, 0.2) is 0 Å². The van der Waals surface area contributed by atoms with Crippen molar-refractivity contribution in [1.29, 1.82) is 0 Å². The Morgan fingerprint density at radius 1 is 1.06 bits per heavy atom. The first-order valence-corrected chi connectivity index (χ1v) is 12.1. The Hall–Kier alpha value is -3.47. The Morgan fingerprint density at radius 2 is 1.72 bits per heavy atom. The highest BCUT2D eigenvalue weighted by Crippen LogP contribution is 2.21. The Morgan fingerprint density at radius 3 is 2.31 bits per heavy atom. The molecule has 0 aliphatic carbocycles. The quantitative estimate of drug-likeness (QED) is 0.258. The Balaban J connectivity index is 2.10. The maximum Gasteiger partial charge on any atom is 0.326 e. The van der Waals surface area contributed by atoms with Crippen LogP contribution in [0.4, 0.5) is 0 Å². The topological polar surface area (TPSA) is 179 Å². The number of hydrogen-bond acceptors (Lipinski definition) is 6. The summed E-state index contributed by atoms with van der Waals surface area (Å²) in [7, 11) is 0. The van der Waals surface area contributed by atoms with Crippen LogP contribution in [0, 0.1) is 5.92 Å². The molecule has 1 aromatic carbocycles. The van der Waals surface area contributed by atoms with Gasteiger partial charge in [0.25, 0.3) is 0 Å². The molecule has 2 rings (SSSR count). The van der Waals surface area contributed by atoms with Gasteiger partial charge in [0.05, 0.1) is 6.04 Å². The summed E-state index contributed by atoms with van der Waals surface area (Å²) >= 11 is 0. The number of nitrogens with one attached hydrogen (secondary N) is 2. The van der Waals surface area contributed by atoms with Crippen LogP contribution in [0.2, 0.25) is 0 Å². The average Bonchev–Trinajstić information content (AvgIpc) is 3.31. The molecule has 1 saturated heterocycles. The van der Waals surface area contributed by atoms with Gasteiger partial charge in [-0.25, -0.2) is 4.79 Å². The number of nitrogens with zero attached hydrogens (tertiary/aromatic N) is 1. The van der Waals surface area contributed by atoms with Crippen LogP contribution in [0.25, 0.3) is 0 Å². The minimum atomic E-state index is -1.18. The lowest BCUT2D eigenvalue weighted by Crippen LogP contribution is -2.57. The molecule has 6 N–H and O–H groups in total. The molecule has 1 heterocycles. The van der Waals surface area contributed by atoms with Crippen molar-refractivity contribution in [2.45, 2.75) is 76.5 Å². The van der Waals surface area contributed by atoms with Crippen LogP contribution in [0.5, 0.6) is 0 Å². The fraction of sp³-hybridized carbons (Fsp3) is 0.560. The molecule has 36 heavy (non-hydrogen) atoms. The zero-order valence-corrected chi connectivity index (χ0v) is 20.7. The normalized spacial score (nSPS) is 17.8. The first-order valence-electron chi connectivity index (χ1n) is 12.1. The number of carboxylic acid groups (broad SMARTS) is 2. The lowest BCUT2D eigenvalue weighted by Gasteiger charge is -2.30. The first-order chi connectivity index (χ1) is 17.0. The highest BCUT2D eigenvalue weighted by molar-refractivity contribution is 5.94. The van der Waals surface area contributed by atoms with Crippen molar-refractivity contribution in [3.05, 3.63) is 35.9 Å². The second-order valence-electron chi connectivity index (χ2n) is 9.51. The van der Waals surface area contributed by atoms with E-state index in [-0.39, 0.29) is 25.2 Å². The number of carboxylic acids is 2. The van der Waals surface area contributed by atoms with Gasteiger partial charge in [-0.15, -0.1) is 0 Å². The average molecular weight is 505 g/mol. The van der Waals surface area contributed by atoms with Crippen molar-refractivity contribution in [2.24, 2.45) is 11.7 Å². The second kappa shape index (κ2) is 13.6. The molecule has 198 valence electrons. The van der Waals surface area contributed by atoms with E-state index in [0.717, 1.165) is 5.56 Å². The molecular formula is C25H36N4O7. The Bertz CT molecular complexity index is 938. The Labute approximate surface area is 210 Å². The van der Waals surface area contributed by atoms with Gasteiger partial charge in [-0.05, 0) is 37.2 Å². The van der Waals surface area contributed by atoms with Crippen LogP contribution in [0.1, 0.15) is 51.5 Å². The fourth-order valence-electron chi connectivity index (χ4n) is 4.20. The minimum Gasteiger partial charge on any atom is -0.481 e. The monoisotopic (exact) mass is 504 g/mol.